The monoisotopic (exact) mass is 352 g/mol. The second kappa shape index (κ2) is 7.56. The van der Waals surface area contributed by atoms with E-state index in [2.05, 4.69) is 36.3 Å². The molecule has 7 heteroatoms. The lowest BCUT2D eigenvalue weighted by atomic mass is 9.93. The standard InChI is InChI=1S/C19H24N6O/c1-13(2)25-17(16-5-8-24(9-6-16)14(3)26)11-19(23-25)22-18-10-15(12-20)4-7-21-18/h4,7,10-11,13,16H,5-6,8-9H2,1-3H3,(H,21,22,23). The summed E-state index contributed by atoms with van der Waals surface area (Å²) < 4.78 is 2.05. The number of nitrogens with zero attached hydrogens (tertiary/aromatic N) is 5. The lowest BCUT2D eigenvalue weighted by Gasteiger charge is -2.31. The summed E-state index contributed by atoms with van der Waals surface area (Å²) in [6, 6.07) is 7.80. The van der Waals surface area contributed by atoms with Gasteiger partial charge in [0.05, 0.1) is 11.6 Å². The molecule has 2 aromatic rings. The van der Waals surface area contributed by atoms with Crippen LogP contribution in [0.25, 0.3) is 0 Å². The number of carbonyl (C=O) groups excluding carboxylic acids is 1. The first-order chi connectivity index (χ1) is 12.5. The van der Waals surface area contributed by atoms with Gasteiger partial charge in [-0.3, -0.25) is 9.48 Å². The van der Waals surface area contributed by atoms with Crippen LogP contribution in [0.4, 0.5) is 11.6 Å². The quantitative estimate of drug-likeness (QED) is 0.913. The molecule has 1 amide bonds. The van der Waals surface area contributed by atoms with E-state index in [-0.39, 0.29) is 11.9 Å². The molecule has 1 N–H and O–H groups in total. The Morgan fingerprint density at radius 3 is 2.65 bits per heavy atom. The van der Waals surface area contributed by atoms with Crippen molar-refractivity contribution in [1.29, 1.82) is 5.26 Å². The largest absolute Gasteiger partial charge is 0.343 e. The highest BCUT2D eigenvalue weighted by atomic mass is 16.2. The number of aromatic nitrogens is 3. The number of hydrogen-bond acceptors (Lipinski definition) is 5. The molecule has 0 aromatic carbocycles. The van der Waals surface area contributed by atoms with E-state index in [1.54, 1.807) is 25.3 Å². The molecule has 2 aromatic heterocycles. The van der Waals surface area contributed by atoms with Crippen LogP contribution in [0.15, 0.2) is 24.4 Å². The zero-order valence-corrected chi connectivity index (χ0v) is 15.4. The van der Waals surface area contributed by atoms with E-state index < -0.39 is 0 Å². The SMILES string of the molecule is CC(=O)N1CCC(c2cc(Nc3cc(C#N)ccn3)nn2C(C)C)CC1. The Hall–Kier alpha value is -2.88. The van der Waals surface area contributed by atoms with Gasteiger partial charge in [-0.2, -0.15) is 10.4 Å². The van der Waals surface area contributed by atoms with Crippen molar-refractivity contribution in [1.82, 2.24) is 19.7 Å². The van der Waals surface area contributed by atoms with Crippen LogP contribution in [0.2, 0.25) is 0 Å². The van der Waals surface area contributed by atoms with E-state index in [0.29, 0.717) is 17.3 Å². The number of pyridine rings is 1. The van der Waals surface area contributed by atoms with E-state index >= 15 is 0 Å². The van der Waals surface area contributed by atoms with Crippen molar-refractivity contribution >= 4 is 17.5 Å². The molecule has 3 heterocycles. The number of hydrogen-bond donors (Lipinski definition) is 1. The van der Waals surface area contributed by atoms with Crippen molar-refractivity contribution in [2.24, 2.45) is 0 Å². The van der Waals surface area contributed by atoms with Gasteiger partial charge in [0, 0.05) is 49.9 Å². The average Bonchev–Trinajstić information content (AvgIpc) is 3.06. The second-order valence-electron chi connectivity index (χ2n) is 6.94. The number of anilines is 2. The summed E-state index contributed by atoms with van der Waals surface area (Å²) in [6.45, 7) is 7.43. The minimum atomic E-state index is 0.145. The molecule has 0 radical (unpaired) electrons. The maximum atomic E-state index is 11.5. The number of nitrogens with one attached hydrogen (secondary N) is 1. The Labute approximate surface area is 153 Å². The summed E-state index contributed by atoms with van der Waals surface area (Å²) in [5.74, 6) is 1.86. The summed E-state index contributed by atoms with van der Waals surface area (Å²) in [6.07, 6.45) is 3.50. The summed E-state index contributed by atoms with van der Waals surface area (Å²) in [4.78, 5) is 17.7. The molecule has 136 valence electrons. The Morgan fingerprint density at radius 1 is 1.31 bits per heavy atom. The molecule has 1 aliphatic heterocycles. The molecular weight excluding hydrogens is 328 g/mol. The topological polar surface area (TPSA) is 86.8 Å². The first-order valence-corrected chi connectivity index (χ1v) is 8.96. The van der Waals surface area contributed by atoms with Crippen molar-refractivity contribution in [3.05, 3.63) is 35.7 Å². The van der Waals surface area contributed by atoms with Crippen molar-refractivity contribution in [2.45, 2.75) is 45.6 Å². The number of amides is 1. The zero-order chi connectivity index (χ0) is 18.7. The number of likely N-dealkylation sites (tertiary alicyclic amines) is 1. The Balaban J connectivity index is 1.80. The van der Waals surface area contributed by atoms with Crippen LogP contribution in [-0.2, 0) is 4.79 Å². The maximum Gasteiger partial charge on any atom is 0.219 e. The number of piperidine rings is 1. The maximum absolute atomic E-state index is 11.5. The Kier molecular flexibility index (Phi) is 5.21. The van der Waals surface area contributed by atoms with Gasteiger partial charge in [-0.25, -0.2) is 4.98 Å². The fraction of sp³-hybridized carbons (Fsp3) is 0.474. The van der Waals surface area contributed by atoms with Crippen molar-refractivity contribution in [3.63, 3.8) is 0 Å². The molecule has 0 aliphatic carbocycles. The summed E-state index contributed by atoms with van der Waals surface area (Å²) >= 11 is 0. The summed E-state index contributed by atoms with van der Waals surface area (Å²) in [5.41, 5.74) is 1.74. The molecule has 0 unspecified atom stereocenters. The third kappa shape index (κ3) is 3.85. The van der Waals surface area contributed by atoms with Crippen LogP contribution >= 0.6 is 0 Å². The van der Waals surface area contributed by atoms with E-state index in [0.717, 1.165) is 31.7 Å². The van der Waals surface area contributed by atoms with Gasteiger partial charge >= 0.3 is 0 Å². The first-order valence-electron chi connectivity index (χ1n) is 8.96. The smallest absolute Gasteiger partial charge is 0.219 e. The van der Waals surface area contributed by atoms with Crippen molar-refractivity contribution < 1.29 is 4.79 Å². The third-order valence-electron chi connectivity index (χ3n) is 4.76. The first kappa shape index (κ1) is 17.9. The van der Waals surface area contributed by atoms with Gasteiger partial charge in [0.15, 0.2) is 5.82 Å². The molecule has 0 atom stereocenters. The molecule has 0 saturated carbocycles. The highest BCUT2D eigenvalue weighted by Gasteiger charge is 2.26. The molecule has 3 rings (SSSR count). The van der Waals surface area contributed by atoms with Crippen LogP contribution in [0.1, 0.15) is 56.8 Å². The van der Waals surface area contributed by atoms with Crippen LogP contribution in [0, 0.1) is 11.3 Å². The van der Waals surface area contributed by atoms with Crippen LogP contribution in [0.5, 0.6) is 0 Å². The van der Waals surface area contributed by atoms with Gasteiger partial charge in [-0.15, -0.1) is 0 Å². The lowest BCUT2D eigenvalue weighted by Crippen LogP contribution is -2.36. The predicted octanol–water partition coefficient (Wildman–Crippen LogP) is 3.20. The lowest BCUT2D eigenvalue weighted by molar-refractivity contribution is -0.129. The van der Waals surface area contributed by atoms with Gasteiger partial charge in [-0.1, -0.05) is 0 Å². The highest BCUT2D eigenvalue weighted by molar-refractivity contribution is 5.73. The fourth-order valence-corrected chi connectivity index (χ4v) is 3.38. The molecular formula is C19H24N6O. The Bertz CT molecular complexity index is 827. The zero-order valence-electron chi connectivity index (χ0n) is 15.4. The molecule has 0 spiro atoms. The molecule has 0 bridgehead atoms. The average molecular weight is 352 g/mol. The molecule has 1 aliphatic rings. The number of carbonyl (C=O) groups is 1. The highest BCUT2D eigenvalue weighted by Crippen LogP contribution is 2.32. The van der Waals surface area contributed by atoms with Gasteiger partial charge < -0.3 is 10.2 Å². The number of nitriles is 1. The second-order valence-corrected chi connectivity index (χ2v) is 6.94. The van der Waals surface area contributed by atoms with E-state index in [9.17, 15) is 4.79 Å². The van der Waals surface area contributed by atoms with Gasteiger partial charge in [0.2, 0.25) is 5.91 Å². The summed E-state index contributed by atoms with van der Waals surface area (Å²) in [7, 11) is 0. The normalized spacial score (nSPS) is 15.1. The predicted molar refractivity (Wildman–Crippen MR) is 99.1 cm³/mol. The molecule has 26 heavy (non-hydrogen) atoms. The van der Waals surface area contributed by atoms with Gasteiger partial charge in [-0.05, 0) is 38.8 Å². The van der Waals surface area contributed by atoms with Crippen LogP contribution < -0.4 is 5.32 Å². The van der Waals surface area contributed by atoms with Gasteiger partial charge in [0.1, 0.15) is 5.82 Å². The van der Waals surface area contributed by atoms with Crippen LogP contribution in [-0.4, -0.2) is 38.7 Å². The van der Waals surface area contributed by atoms with Gasteiger partial charge in [0.25, 0.3) is 0 Å². The molecule has 1 fully saturated rings. The van der Waals surface area contributed by atoms with Crippen LogP contribution in [0.3, 0.4) is 0 Å². The fourth-order valence-electron chi connectivity index (χ4n) is 3.38. The van der Waals surface area contributed by atoms with E-state index in [1.807, 2.05) is 9.58 Å². The molecule has 1 saturated heterocycles. The summed E-state index contributed by atoms with van der Waals surface area (Å²) in [5, 5.41) is 16.9. The van der Waals surface area contributed by atoms with E-state index in [4.69, 9.17) is 10.4 Å². The third-order valence-corrected chi connectivity index (χ3v) is 4.76. The van der Waals surface area contributed by atoms with Crippen molar-refractivity contribution in [3.8, 4) is 6.07 Å². The van der Waals surface area contributed by atoms with Crippen molar-refractivity contribution in [2.75, 3.05) is 18.4 Å². The molecule has 7 nitrogen and oxygen atoms in total. The Morgan fingerprint density at radius 2 is 2.04 bits per heavy atom. The minimum Gasteiger partial charge on any atom is -0.343 e. The van der Waals surface area contributed by atoms with E-state index in [1.165, 1.54) is 5.69 Å². The number of rotatable bonds is 4. The minimum absolute atomic E-state index is 0.145.